The van der Waals surface area contributed by atoms with Gasteiger partial charge in [0.1, 0.15) is 5.00 Å². The fourth-order valence-corrected chi connectivity index (χ4v) is 3.58. The lowest BCUT2D eigenvalue weighted by molar-refractivity contribution is 0.470. The third-order valence-electron chi connectivity index (χ3n) is 3.38. The van der Waals surface area contributed by atoms with Crippen molar-refractivity contribution in [2.24, 2.45) is 0 Å². The molecule has 0 aliphatic heterocycles. The van der Waals surface area contributed by atoms with Gasteiger partial charge in [-0.2, -0.15) is 4.37 Å². The van der Waals surface area contributed by atoms with Crippen LogP contribution in [0.5, 0.6) is 0 Å². The van der Waals surface area contributed by atoms with Gasteiger partial charge in [0, 0.05) is 11.4 Å². The van der Waals surface area contributed by atoms with E-state index in [9.17, 15) is 0 Å². The average Bonchev–Trinajstić information content (AvgIpc) is 2.76. The molecule has 0 bridgehead atoms. The van der Waals surface area contributed by atoms with E-state index >= 15 is 0 Å². The molecule has 1 fully saturated rings. The standard InChI is InChI=1S/C13H15ClN2S/c14-10-6-2-4-8-12(10)15-13-9-5-1-3-7-11(9)16-17-13/h1,3,5,7,10,12,15H,2,4,6,8H2. The van der Waals surface area contributed by atoms with Crippen LogP contribution >= 0.6 is 23.1 Å². The summed E-state index contributed by atoms with van der Waals surface area (Å²) in [6.45, 7) is 0. The van der Waals surface area contributed by atoms with Gasteiger partial charge in [0.25, 0.3) is 0 Å². The van der Waals surface area contributed by atoms with Crippen LogP contribution in [-0.2, 0) is 0 Å². The van der Waals surface area contributed by atoms with Crippen molar-refractivity contribution in [2.45, 2.75) is 37.1 Å². The van der Waals surface area contributed by atoms with Crippen molar-refractivity contribution in [3.8, 4) is 0 Å². The number of anilines is 1. The van der Waals surface area contributed by atoms with Crippen molar-refractivity contribution >= 4 is 39.0 Å². The molecule has 3 rings (SSSR count). The lowest BCUT2D eigenvalue weighted by atomic mass is 9.95. The molecule has 2 atom stereocenters. The molecule has 1 N–H and O–H groups in total. The molecule has 2 aromatic rings. The third kappa shape index (κ3) is 2.26. The van der Waals surface area contributed by atoms with Gasteiger partial charge < -0.3 is 5.32 Å². The second-order valence-corrected chi connectivity index (χ2v) is 5.91. The van der Waals surface area contributed by atoms with E-state index in [1.165, 1.54) is 36.2 Å². The molecule has 0 spiro atoms. The number of nitrogens with zero attached hydrogens (tertiary/aromatic N) is 1. The van der Waals surface area contributed by atoms with E-state index in [0.717, 1.165) is 16.9 Å². The maximum Gasteiger partial charge on any atom is 0.117 e. The van der Waals surface area contributed by atoms with Crippen molar-refractivity contribution in [3.05, 3.63) is 24.3 Å². The number of hydrogen-bond donors (Lipinski definition) is 1. The normalized spacial score (nSPS) is 25.0. The van der Waals surface area contributed by atoms with Gasteiger partial charge >= 0.3 is 0 Å². The molecule has 1 aliphatic carbocycles. The summed E-state index contributed by atoms with van der Waals surface area (Å²) in [4.78, 5) is 0. The summed E-state index contributed by atoms with van der Waals surface area (Å²) < 4.78 is 4.45. The first-order valence-corrected chi connectivity index (χ1v) is 7.30. The topological polar surface area (TPSA) is 24.9 Å². The maximum absolute atomic E-state index is 6.37. The molecule has 17 heavy (non-hydrogen) atoms. The monoisotopic (exact) mass is 266 g/mol. The van der Waals surface area contributed by atoms with Gasteiger partial charge in [-0.1, -0.05) is 25.0 Å². The van der Waals surface area contributed by atoms with Gasteiger partial charge in [-0.15, -0.1) is 11.6 Å². The summed E-state index contributed by atoms with van der Waals surface area (Å²) in [6, 6.07) is 8.65. The Morgan fingerprint density at radius 2 is 2.06 bits per heavy atom. The molecule has 2 nitrogen and oxygen atoms in total. The molecule has 0 saturated heterocycles. The first-order valence-electron chi connectivity index (χ1n) is 6.09. The quantitative estimate of drug-likeness (QED) is 0.822. The van der Waals surface area contributed by atoms with E-state index in [1.807, 2.05) is 6.07 Å². The van der Waals surface area contributed by atoms with Gasteiger partial charge in [0.15, 0.2) is 0 Å². The second-order valence-electron chi connectivity index (χ2n) is 4.58. The van der Waals surface area contributed by atoms with Crippen LogP contribution in [0, 0.1) is 0 Å². The molecule has 0 radical (unpaired) electrons. The van der Waals surface area contributed by atoms with Gasteiger partial charge in [-0.05, 0) is 36.5 Å². The minimum atomic E-state index is 0.254. The first-order chi connectivity index (χ1) is 8.34. The zero-order chi connectivity index (χ0) is 11.7. The number of halogens is 1. The van der Waals surface area contributed by atoms with Crippen LogP contribution in [0.25, 0.3) is 10.9 Å². The van der Waals surface area contributed by atoms with Crippen LogP contribution in [0.2, 0.25) is 0 Å². The molecule has 2 unspecified atom stereocenters. The Labute approximate surface area is 110 Å². The Bertz CT molecular complexity index is 511. The molecule has 1 heterocycles. The zero-order valence-corrected chi connectivity index (χ0v) is 11.1. The van der Waals surface area contributed by atoms with Crippen molar-refractivity contribution in [1.29, 1.82) is 0 Å². The average molecular weight is 267 g/mol. The molecule has 1 aromatic heterocycles. The Kier molecular flexibility index (Phi) is 3.21. The zero-order valence-electron chi connectivity index (χ0n) is 9.53. The van der Waals surface area contributed by atoms with Crippen LogP contribution in [0.15, 0.2) is 24.3 Å². The SMILES string of the molecule is ClC1CCCCC1Nc1snc2ccccc12. The minimum Gasteiger partial charge on any atom is -0.371 e. The summed E-state index contributed by atoms with van der Waals surface area (Å²) in [6.07, 6.45) is 4.82. The summed E-state index contributed by atoms with van der Waals surface area (Å²) in [5, 5.41) is 6.21. The third-order valence-corrected chi connectivity index (χ3v) is 4.71. The lowest BCUT2D eigenvalue weighted by Crippen LogP contribution is -2.32. The summed E-state index contributed by atoms with van der Waals surface area (Å²) in [5.74, 6) is 0. The molecule has 1 saturated carbocycles. The van der Waals surface area contributed by atoms with E-state index in [4.69, 9.17) is 11.6 Å². The molecule has 1 aliphatic rings. The van der Waals surface area contributed by atoms with E-state index in [-0.39, 0.29) is 5.38 Å². The molecular formula is C13H15ClN2S. The highest BCUT2D eigenvalue weighted by molar-refractivity contribution is 7.11. The molecule has 4 heteroatoms. The van der Waals surface area contributed by atoms with Gasteiger partial charge in [-0.25, -0.2) is 0 Å². The second kappa shape index (κ2) is 4.83. The highest BCUT2D eigenvalue weighted by Crippen LogP contribution is 2.32. The van der Waals surface area contributed by atoms with E-state index in [1.54, 1.807) is 0 Å². The highest BCUT2D eigenvalue weighted by Gasteiger charge is 2.23. The van der Waals surface area contributed by atoms with Crippen LogP contribution in [0.1, 0.15) is 25.7 Å². The Morgan fingerprint density at radius 3 is 2.94 bits per heavy atom. The number of fused-ring (bicyclic) bond motifs is 1. The molecular weight excluding hydrogens is 252 g/mol. The van der Waals surface area contributed by atoms with Crippen molar-refractivity contribution in [2.75, 3.05) is 5.32 Å². The maximum atomic E-state index is 6.37. The van der Waals surface area contributed by atoms with Crippen molar-refractivity contribution in [1.82, 2.24) is 4.37 Å². The van der Waals surface area contributed by atoms with Gasteiger partial charge in [-0.3, -0.25) is 0 Å². The summed E-state index contributed by atoms with van der Waals surface area (Å²) >= 11 is 7.91. The number of alkyl halides is 1. The first kappa shape index (κ1) is 11.3. The van der Waals surface area contributed by atoms with E-state index in [0.29, 0.717) is 6.04 Å². The lowest BCUT2D eigenvalue weighted by Gasteiger charge is -2.28. The van der Waals surface area contributed by atoms with Crippen LogP contribution < -0.4 is 5.32 Å². The van der Waals surface area contributed by atoms with Gasteiger partial charge in [0.05, 0.1) is 10.9 Å². The number of aromatic nitrogens is 1. The Morgan fingerprint density at radius 1 is 1.24 bits per heavy atom. The molecule has 1 aromatic carbocycles. The number of nitrogens with one attached hydrogen (secondary N) is 1. The van der Waals surface area contributed by atoms with Crippen LogP contribution in [0.3, 0.4) is 0 Å². The molecule has 0 amide bonds. The summed E-state index contributed by atoms with van der Waals surface area (Å²) in [7, 11) is 0. The largest absolute Gasteiger partial charge is 0.371 e. The molecule has 90 valence electrons. The van der Waals surface area contributed by atoms with Crippen molar-refractivity contribution < 1.29 is 0 Å². The predicted molar refractivity (Wildman–Crippen MR) is 75.1 cm³/mol. The highest BCUT2D eigenvalue weighted by atomic mass is 35.5. The minimum absolute atomic E-state index is 0.254. The van der Waals surface area contributed by atoms with Crippen LogP contribution in [-0.4, -0.2) is 15.8 Å². The number of hydrogen-bond acceptors (Lipinski definition) is 3. The fourth-order valence-electron chi connectivity index (χ4n) is 2.41. The van der Waals surface area contributed by atoms with E-state index in [2.05, 4.69) is 27.9 Å². The fraction of sp³-hybridized carbons (Fsp3) is 0.462. The number of benzene rings is 1. The predicted octanol–water partition coefficient (Wildman–Crippen LogP) is 4.26. The van der Waals surface area contributed by atoms with Gasteiger partial charge in [0.2, 0.25) is 0 Å². The Hall–Kier alpha value is -0.800. The van der Waals surface area contributed by atoms with Crippen LogP contribution in [0.4, 0.5) is 5.00 Å². The number of rotatable bonds is 2. The van der Waals surface area contributed by atoms with Crippen molar-refractivity contribution in [3.63, 3.8) is 0 Å². The summed E-state index contributed by atoms with van der Waals surface area (Å²) in [5.41, 5.74) is 1.07. The van der Waals surface area contributed by atoms with E-state index < -0.39 is 0 Å². The Balaban J connectivity index is 1.84. The smallest absolute Gasteiger partial charge is 0.117 e.